The molecule has 0 fully saturated rings. The second-order valence-electron chi connectivity index (χ2n) is 3.48. The Morgan fingerprint density at radius 3 is 2.62 bits per heavy atom. The molecule has 0 aliphatic rings. The lowest BCUT2D eigenvalue weighted by Gasteiger charge is -2.15. The van der Waals surface area contributed by atoms with Gasteiger partial charge < -0.3 is 20.7 Å². The van der Waals surface area contributed by atoms with Crippen LogP contribution >= 0.6 is 0 Å². The molecule has 0 aromatic heterocycles. The van der Waals surface area contributed by atoms with Crippen LogP contribution in [0.25, 0.3) is 0 Å². The van der Waals surface area contributed by atoms with Gasteiger partial charge in [-0.05, 0) is 12.5 Å². The summed E-state index contributed by atoms with van der Waals surface area (Å²) >= 11 is 0. The van der Waals surface area contributed by atoms with Gasteiger partial charge in [0.15, 0.2) is 11.5 Å². The minimum Gasteiger partial charge on any atom is -0.504 e. The van der Waals surface area contributed by atoms with Crippen molar-refractivity contribution in [1.29, 1.82) is 0 Å². The van der Waals surface area contributed by atoms with Crippen molar-refractivity contribution in [1.82, 2.24) is 0 Å². The normalized spacial score (nSPS) is 12.2. The molecule has 1 aromatic rings. The van der Waals surface area contributed by atoms with Crippen molar-refractivity contribution < 1.29 is 19.7 Å². The minimum absolute atomic E-state index is 0.0743. The van der Waals surface area contributed by atoms with E-state index in [1.807, 2.05) is 0 Å². The quantitative estimate of drug-likeness (QED) is 0.706. The SMILES string of the molecule is COc1c(C)ccc(C(CN)C(=O)O)c1O. The van der Waals surface area contributed by atoms with Crippen molar-refractivity contribution in [2.75, 3.05) is 13.7 Å². The topological polar surface area (TPSA) is 92.8 Å². The number of carboxylic acids is 1. The van der Waals surface area contributed by atoms with E-state index in [1.54, 1.807) is 19.1 Å². The average molecular weight is 225 g/mol. The summed E-state index contributed by atoms with van der Waals surface area (Å²) in [6.07, 6.45) is 0. The van der Waals surface area contributed by atoms with E-state index in [4.69, 9.17) is 15.6 Å². The van der Waals surface area contributed by atoms with Crippen LogP contribution in [-0.4, -0.2) is 29.8 Å². The first-order valence-electron chi connectivity index (χ1n) is 4.82. The minimum atomic E-state index is -1.07. The number of benzene rings is 1. The maximum Gasteiger partial charge on any atom is 0.312 e. The van der Waals surface area contributed by atoms with E-state index in [9.17, 15) is 9.90 Å². The first kappa shape index (κ1) is 12.3. The Kier molecular flexibility index (Phi) is 3.73. The van der Waals surface area contributed by atoms with Crippen LogP contribution in [0.1, 0.15) is 17.0 Å². The fourth-order valence-corrected chi connectivity index (χ4v) is 1.59. The lowest BCUT2D eigenvalue weighted by Crippen LogP contribution is -2.21. The summed E-state index contributed by atoms with van der Waals surface area (Å²) in [5, 5.41) is 18.8. The summed E-state index contributed by atoms with van der Waals surface area (Å²) in [4.78, 5) is 10.9. The predicted octanol–water partition coefficient (Wildman–Crippen LogP) is 0.836. The van der Waals surface area contributed by atoms with Crippen molar-refractivity contribution in [3.05, 3.63) is 23.3 Å². The number of aliphatic carboxylic acids is 1. The summed E-state index contributed by atoms with van der Waals surface area (Å²) in [5.41, 5.74) is 6.39. The molecule has 0 bridgehead atoms. The van der Waals surface area contributed by atoms with Crippen LogP contribution in [-0.2, 0) is 4.79 Å². The summed E-state index contributed by atoms with van der Waals surface area (Å²) < 4.78 is 5.01. The molecule has 0 heterocycles. The Bertz CT molecular complexity index is 403. The summed E-state index contributed by atoms with van der Waals surface area (Å²) in [6.45, 7) is 1.69. The number of carboxylic acid groups (broad SMARTS) is 1. The molecule has 4 N–H and O–H groups in total. The fraction of sp³-hybridized carbons (Fsp3) is 0.364. The van der Waals surface area contributed by atoms with Gasteiger partial charge in [-0.3, -0.25) is 4.79 Å². The zero-order valence-corrected chi connectivity index (χ0v) is 9.23. The van der Waals surface area contributed by atoms with E-state index in [-0.39, 0.29) is 23.6 Å². The third-order valence-corrected chi connectivity index (χ3v) is 2.47. The van der Waals surface area contributed by atoms with Gasteiger partial charge in [-0.15, -0.1) is 0 Å². The molecule has 0 spiro atoms. The van der Waals surface area contributed by atoms with Crippen molar-refractivity contribution in [2.24, 2.45) is 5.73 Å². The van der Waals surface area contributed by atoms with Gasteiger partial charge in [-0.2, -0.15) is 0 Å². The van der Waals surface area contributed by atoms with Crippen LogP contribution in [0.4, 0.5) is 0 Å². The molecular formula is C11H15NO4. The van der Waals surface area contributed by atoms with Crippen LogP contribution in [0.5, 0.6) is 11.5 Å². The lowest BCUT2D eigenvalue weighted by atomic mass is 9.96. The second-order valence-corrected chi connectivity index (χ2v) is 3.48. The van der Waals surface area contributed by atoms with Crippen LogP contribution in [0.15, 0.2) is 12.1 Å². The number of carbonyl (C=O) groups is 1. The number of aryl methyl sites for hydroxylation is 1. The Hall–Kier alpha value is -1.75. The highest BCUT2D eigenvalue weighted by Gasteiger charge is 2.23. The van der Waals surface area contributed by atoms with Gasteiger partial charge in [0.1, 0.15) is 0 Å². The largest absolute Gasteiger partial charge is 0.504 e. The number of methoxy groups -OCH3 is 1. The van der Waals surface area contributed by atoms with Gasteiger partial charge in [-0.25, -0.2) is 0 Å². The molecule has 0 aliphatic heterocycles. The van der Waals surface area contributed by atoms with Crippen molar-refractivity contribution in [3.8, 4) is 11.5 Å². The Balaban J connectivity index is 3.29. The molecular weight excluding hydrogens is 210 g/mol. The molecule has 88 valence electrons. The molecule has 1 rings (SSSR count). The number of phenolic OH excluding ortho intramolecular Hbond substituents is 1. The van der Waals surface area contributed by atoms with Crippen molar-refractivity contribution in [2.45, 2.75) is 12.8 Å². The third-order valence-electron chi connectivity index (χ3n) is 2.47. The highest BCUT2D eigenvalue weighted by Crippen LogP contribution is 2.36. The maximum absolute atomic E-state index is 10.9. The monoisotopic (exact) mass is 225 g/mol. The third kappa shape index (κ3) is 2.09. The summed E-state index contributed by atoms with van der Waals surface area (Å²) in [6, 6.07) is 3.25. The molecule has 1 unspecified atom stereocenters. The summed E-state index contributed by atoms with van der Waals surface area (Å²) in [5.74, 6) is -1.85. The molecule has 0 radical (unpaired) electrons. The Labute approximate surface area is 93.5 Å². The number of phenols is 1. The first-order chi connectivity index (χ1) is 7.52. The lowest BCUT2D eigenvalue weighted by molar-refractivity contribution is -0.138. The molecule has 16 heavy (non-hydrogen) atoms. The van der Waals surface area contributed by atoms with E-state index >= 15 is 0 Å². The van der Waals surface area contributed by atoms with Gasteiger partial charge in [0.25, 0.3) is 0 Å². The molecule has 0 saturated carbocycles. The van der Waals surface area contributed by atoms with Gasteiger partial charge in [-0.1, -0.05) is 12.1 Å². The molecule has 0 amide bonds. The zero-order valence-electron chi connectivity index (χ0n) is 9.23. The van der Waals surface area contributed by atoms with Crippen LogP contribution in [0.3, 0.4) is 0 Å². The van der Waals surface area contributed by atoms with Gasteiger partial charge in [0.2, 0.25) is 0 Å². The first-order valence-corrected chi connectivity index (χ1v) is 4.82. The maximum atomic E-state index is 10.9. The van der Waals surface area contributed by atoms with Crippen LogP contribution in [0.2, 0.25) is 0 Å². The molecule has 5 heteroatoms. The summed E-state index contributed by atoms with van der Waals surface area (Å²) in [7, 11) is 1.42. The van der Waals surface area contributed by atoms with E-state index in [0.29, 0.717) is 0 Å². The number of ether oxygens (including phenoxy) is 1. The number of rotatable bonds is 4. The van der Waals surface area contributed by atoms with Crippen molar-refractivity contribution >= 4 is 5.97 Å². The Morgan fingerprint density at radius 1 is 1.56 bits per heavy atom. The van der Waals surface area contributed by atoms with Gasteiger partial charge >= 0.3 is 5.97 Å². The molecule has 1 atom stereocenters. The van der Waals surface area contributed by atoms with E-state index < -0.39 is 11.9 Å². The second kappa shape index (κ2) is 4.85. The zero-order chi connectivity index (χ0) is 12.3. The number of aromatic hydroxyl groups is 1. The van der Waals surface area contributed by atoms with Crippen molar-refractivity contribution in [3.63, 3.8) is 0 Å². The number of hydrogen-bond donors (Lipinski definition) is 3. The van der Waals surface area contributed by atoms with Crippen LogP contribution in [0, 0.1) is 6.92 Å². The Morgan fingerprint density at radius 2 is 2.19 bits per heavy atom. The molecule has 0 aliphatic carbocycles. The average Bonchev–Trinajstić information content (AvgIpc) is 2.22. The number of nitrogens with two attached hydrogens (primary N) is 1. The molecule has 1 aromatic carbocycles. The molecule has 5 nitrogen and oxygen atoms in total. The van der Waals surface area contributed by atoms with Gasteiger partial charge in [0.05, 0.1) is 13.0 Å². The van der Waals surface area contributed by atoms with E-state index in [1.165, 1.54) is 7.11 Å². The van der Waals surface area contributed by atoms with Crippen LogP contribution < -0.4 is 10.5 Å². The smallest absolute Gasteiger partial charge is 0.312 e. The molecule has 0 saturated heterocycles. The highest BCUT2D eigenvalue weighted by molar-refractivity contribution is 5.78. The fourth-order valence-electron chi connectivity index (χ4n) is 1.59. The van der Waals surface area contributed by atoms with E-state index in [0.717, 1.165) is 5.56 Å². The standard InChI is InChI=1S/C11H15NO4/c1-6-3-4-7(8(5-12)11(14)15)9(13)10(6)16-2/h3-4,8,13H,5,12H2,1-2H3,(H,14,15). The van der Waals surface area contributed by atoms with Gasteiger partial charge in [0, 0.05) is 12.1 Å². The predicted molar refractivity (Wildman–Crippen MR) is 58.8 cm³/mol. The highest BCUT2D eigenvalue weighted by atomic mass is 16.5. The van der Waals surface area contributed by atoms with E-state index in [2.05, 4.69) is 0 Å². The number of hydrogen-bond acceptors (Lipinski definition) is 4.